The Balaban J connectivity index is 1.22. The van der Waals surface area contributed by atoms with Gasteiger partial charge in [0.15, 0.2) is 0 Å². The average Bonchev–Trinajstić information content (AvgIpc) is 3.84. The maximum atomic E-state index is 6.46. The van der Waals surface area contributed by atoms with Gasteiger partial charge in [0.1, 0.15) is 11.2 Å². The summed E-state index contributed by atoms with van der Waals surface area (Å²) in [5, 5.41) is 7.10. The SMILES string of the molecule is c1ccc(-c2ccc(N(c3ccccc3)c3ccc(N(c4ccccc4)c4cccc5oc6ccccc6c45)c4c3sc3cc5ccccc5cc34)cc2)cc1. The van der Waals surface area contributed by atoms with Crippen LogP contribution in [0.15, 0.2) is 211 Å². The summed E-state index contributed by atoms with van der Waals surface area (Å²) >= 11 is 1.86. The summed E-state index contributed by atoms with van der Waals surface area (Å²) in [7, 11) is 0. The molecular formula is C52H34N2OS. The van der Waals surface area contributed by atoms with E-state index in [0.29, 0.717) is 0 Å². The summed E-state index contributed by atoms with van der Waals surface area (Å²) in [4.78, 5) is 4.84. The molecule has 0 unspecified atom stereocenters. The zero-order valence-electron chi connectivity index (χ0n) is 30.3. The third-order valence-corrected chi connectivity index (χ3v) is 12.0. The first-order valence-electron chi connectivity index (χ1n) is 18.9. The van der Waals surface area contributed by atoms with E-state index in [1.807, 2.05) is 17.4 Å². The fourth-order valence-electron chi connectivity index (χ4n) is 8.26. The highest BCUT2D eigenvalue weighted by atomic mass is 32.1. The van der Waals surface area contributed by atoms with Crippen molar-refractivity contribution in [3.8, 4) is 11.1 Å². The van der Waals surface area contributed by atoms with E-state index in [1.54, 1.807) is 0 Å². The maximum Gasteiger partial charge on any atom is 0.137 e. The number of fused-ring (bicyclic) bond motifs is 7. The molecule has 0 radical (unpaired) electrons. The normalized spacial score (nSPS) is 11.6. The van der Waals surface area contributed by atoms with Gasteiger partial charge in [0.25, 0.3) is 0 Å². The molecule has 0 amide bonds. The molecule has 0 aliphatic carbocycles. The van der Waals surface area contributed by atoms with Crippen molar-refractivity contribution in [2.75, 3.05) is 9.80 Å². The molecule has 2 aromatic heterocycles. The van der Waals surface area contributed by atoms with Crippen LogP contribution >= 0.6 is 11.3 Å². The minimum atomic E-state index is 0.868. The van der Waals surface area contributed by atoms with Gasteiger partial charge in [-0.3, -0.25) is 0 Å². The Kier molecular flexibility index (Phi) is 7.68. The van der Waals surface area contributed by atoms with Crippen molar-refractivity contribution in [2.45, 2.75) is 0 Å². The van der Waals surface area contributed by atoms with E-state index in [9.17, 15) is 0 Å². The lowest BCUT2D eigenvalue weighted by molar-refractivity contribution is 0.669. The third-order valence-electron chi connectivity index (χ3n) is 10.8. The van der Waals surface area contributed by atoms with Gasteiger partial charge in [-0.2, -0.15) is 0 Å². The highest BCUT2D eigenvalue weighted by molar-refractivity contribution is 7.26. The molecule has 2 heterocycles. The number of para-hydroxylation sites is 3. The molecule has 0 aliphatic heterocycles. The van der Waals surface area contributed by atoms with E-state index in [0.717, 1.165) is 56.1 Å². The van der Waals surface area contributed by atoms with Crippen LogP contribution in [-0.4, -0.2) is 0 Å². The first-order valence-corrected chi connectivity index (χ1v) is 19.7. The molecule has 4 heteroatoms. The molecule has 0 atom stereocenters. The molecule has 3 nitrogen and oxygen atoms in total. The molecule has 0 N–H and O–H groups in total. The van der Waals surface area contributed by atoms with Gasteiger partial charge in [0.05, 0.1) is 27.1 Å². The van der Waals surface area contributed by atoms with Gasteiger partial charge < -0.3 is 14.2 Å². The van der Waals surface area contributed by atoms with Crippen LogP contribution in [0.1, 0.15) is 0 Å². The minimum Gasteiger partial charge on any atom is -0.456 e. The zero-order chi connectivity index (χ0) is 37.0. The second-order valence-electron chi connectivity index (χ2n) is 14.1. The lowest BCUT2D eigenvalue weighted by atomic mass is 10.0. The standard InChI is InChI=1S/C52H34N2OS/c1-4-15-35(16-5-1)36-27-29-41(30-28-36)53(39-19-6-2-7-20-39)46-32-31-45(51-43-33-37-17-10-11-18-38(37)34-49(43)56-52(46)51)54(40-21-8-3-9-22-40)44-24-14-26-48-50(44)42-23-12-13-25-47(42)55-48/h1-34H. The van der Waals surface area contributed by atoms with Gasteiger partial charge in [-0.1, -0.05) is 127 Å². The van der Waals surface area contributed by atoms with Crippen LogP contribution in [-0.2, 0) is 0 Å². The molecule has 11 rings (SSSR count). The number of benzene rings is 9. The first kappa shape index (κ1) is 32.3. The van der Waals surface area contributed by atoms with Crippen LogP contribution in [0.25, 0.3) is 64.0 Å². The number of rotatable bonds is 7. The van der Waals surface area contributed by atoms with Crippen LogP contribution in [0.5, 0.6) is 0 Å². The fourth-order valence-corrected chi connectivity index (χ4v) is 9.52. The van der Waals surface area contributed by atoms with Gasteiger partial charge in [0.2, 0.25) is 0 Å². The Morgan fingerprint density at radius 2 is 0.911 bits per heavy atom. The Bertz CT molecular complexity index is 3190. The molecule has 0 saturated heterocycles. The van der Waals surface area contributed by atoms with Gasteiger partial charge in [-0.05, 0) is 101 Å². The van der Waals surface area contributed by atoms with Crippen LogP contribution in [0, 0.1) is 0 Å². The molecule has 0 bridgehead atoms. The topological polar surface area (TPSA) is 19.6 Å². The van der Waals surface area contributed by atoms with Crippen molar-refractivity contribution in [3.05, 3.63) is 206 Å². The molecule has 0 spiro atoms. The van der Waals surface area contributed by atoms with Crippen molar-refractivity contribution < 1.29 is 4.42 Å². The fraction of sp³-hybridized carbons (Fsp3) is 0. The van der Waals surface area contributed by atoms with Crippen LogP contribution in [0.2, 0.25) is 0 Å². The average molecular weight is 735 g/mol. The van der Waals surface area contributed by atoms with Crippen molar-refractivity contribution in [2.24, 2.45) is 0 Å². The molecule has 56 heavy (non-hydrogen) atoms. The molecule has 0 saturated carbocycles. The van der Waals surface area contributed by atoms with E-state index in [4.69, 9.17) is 4.42 Å². The predicted molar refractivity (Wildman–Crippen MR) is 239 cm³/mol. The second kappa shape index (κ2) is 13.3. The van der Waals surface area contributed by atoms with Gasteiger partial charge in [-0.25, -0.2) is 0 Å². The number of hydrogen-bond donors (Lipinski definition) is 0. The Labute approximate surface area is 328 Å². The minimum absolute atomic E-state index is 0.868. The summed E-state index contributed by atoms with van der Waals surface area (Å²) in [6.45, 7) is 0. The van der Waals surface area contributed by atoms with Gasteiger partial charge >= 0.3 is 0 Å². The van der Waals surface area contributed by atoms with E-state index in [-0.39, 0.29) is 0 Å². The van der Waals surface area contributed by atoms with E-state index >= 15 is 0 Å². The van der Waals surface area contributed by atoms with Crippen molar-refractivity contribution in [1.29, 1.82) is 0 Å². The number of anilines is 6. The van der Waals surface area contributed by atoms with Crippen molar-refractivity contribution >= 4 is 98.3 Å². The first-order chi connectivity index (χ1) is 27.8. The predicted octanol–water partition coefficient (Wildman–Crippen LogP) is 15.7. The largest absolute Gasteiger partial charge is 0.456 e. The molecule has 0 aliphatic rings. The number of thiophene rings is 1. The van der Waals surface area contributed by atoms with Crippen LogP contribution < -0.4 is 9.80 Å². The maximum absolute atomic E-state index is 6.46. The van der Waals surface area contributed by atoms with Crippen LogP contribution in [0.4, 0.5) is 34.1 Å². The number of nitrogens with zero attached hydrogens (tertiary/aromatic N) is 2. The summed E-state index contributed by atoms with van der Waals surface area (Å²) in [5.74, 6) is 0. The van der Waals surface area contributed by atoms with E-state index < -0.39 is 0 Å². The Hall–Kier alpha value is -7.14. The van der Waals surface area contributed by atoms with Crippen LogP contribution in [0.3, 0.4) is 0 Å². The Morgan fingerprint density at radius 1 is 0.357 bits per heavy atom. The summed E-state index contributed by atoms with van der Waals surface area (Å²) in [5.41, 5.74) is 10.7. The zero-order valence-corrected chi connectivity index (χ0v) is 31.2. The van der Waals surface area contributed by atoms with Gasteiger partial charge in [-0.15, -0.1) is 11.3 Å². The smallest absolute Gasteiger partial charge is 0.137 e. The monoisotopic (exact) mass is 734 g/mol. The van der Waals surface area contributed by atoms with Crippen molar-refractivity contribution in [1.82, 2.24) is 0 Å². The molecular weight excluding hydrogens is 701 g/mol. The number of furan rings is 1. The molecule has 0 fully saturated rings. The highest BCUT2D eigenvalue weighted by Crippen LogP contribution is 2.52. The lowest BCUT2D eigenvalue weighted by Crippen LogP contribution is -2.13. The van der Waals surface area contributed by atoms with Crippen molar-refractivity contribution in [3.63, 3.8) is 0 Å². The summed E-state index contributed by atoms with van der Waals surface area (Å²) in [6.07, 6.45) is 0. The summed E-state index contributed by atoms with van der Waals surface area (Å²) in [6, 6.07) is 73.9. The molecule has 264 valence electrons. The summed E-state index contributed by atoms with van der Waals surface area (Å²) < 4.78 is 8.93. The molecule has 9 aromatic carbocycles. The third kappa shape index (κ3) is 5.34. The van der Waals surface area contributed by atoms with Gasteiger partial charge in [0, 0.05) is 37.9 Å². The van der Waals surface area contributed by atoms with E-state index in [2.05, 4.69) is 210 Å². The quantitative estimate of drug-likeness (QED) is 0.163. The molecule has 11 aromatic rings. The van der Waals surface area contributed by atoms with E-state index in [1.165, 1.54) is 42.1 Å². The number of hydrogen-bond acceptors (Lipinski definition) is 4. The second-order valence-corrected chi connectivity index (χ2v) is 15.2. The Morgan fingerprint density at radius 3 is 1.66 bits per heavy atom. The highest BCUT2D eigenvalue weighted by Gasteiger charge is 2.26. The lowest BCUT2D eigenvalue weighted by Gasteiger charge is -2.30.